The van der Waals surface area contributed by atoms with E-state index in [0.29, 0.717) is 23.8 Å². The van der Waals surface area contributed by atoms with Crippen LogP contribution in [0.5, 0.6) is 11.5 Å². The molecule has 1 fully saturated rings. The van der Waals surface area contributed by atoms with Gasteiger partial charge in [-0.1, -0.05) is 0 Å². The average molecular weight is 293 g/mol. The summed E-state index contributed by atoms with van der Waals surface area (Å²) in [6.07, 6.45) is 3.36. The first-order valence-corrected chi connectivity index (χ1v) is 7.22. The quantitative estimate of drug-likeness (QED) is 0.517. The predicted octanol–water partition coefficient (Wildman–Crippen LogP) is 1.14. The van der Waals surface area contributed by atoms with E-state index < -0.39 is 5.91 Å². The summed E-state index contributed by atoms with van der Waals surface area (Å²) in [5, 5.41) is 3.35. The lowest BCUT2D eigenvalue weighted by molar-refractivity contribution is 0.100. The molecule has 1 aromatic rings. The van der Waals surface area contributed by atoms with Gasteiger partial charge in [0.1, 0.15) is 0 Å². The maximum atomic E-state index is 11.2. The van der Waals surface area contributed by atoms with Gasteiger partial charge in [-0.3, -0.25) is 4.79 Å². The summed E-state index contributed by atoms with van der Waals surface area (Å²) in [7, 11) is 1.52. The Labute approximate surface area is 124 Å². The zero-order chi connectivity index (χ0) is 15.2. The van der Waals surface area contributed by atoms with E-state index in [4.69, 9.17) is 20.9 Å². The van der Waals surface area contributed by atoms with E-state index >= 15 is 0 Å². The van der Waals surface area contributed by atoms with Gasteiger partial charge in [-0.15, -0.1) is 0 Å². The number of rotatable bonds is 7. The summed E-state index contributed by atoms with van der Waals surface area (Å²) in [5.41, 5.74) is 11.6. The van der Waals surface area contributed by atoms with E-state index in [1.165, 1.54) is 19.6 Å². The first-order valence-electron chi connectivity index (χ1n) is 7.22. The predicted molar refractivity (Wildman–Crippen MR) is 81.6 cm³/mol. The highest BCUT2D eigenvalue weighted by atomic mass is 16.5. The van der Waals surface area contributed by atoms with Crippen molar-refractivity contribution in [2.75, 3.05) is 32.5 Å². The topological polar surface area (TPSA) is 99.6 Å². The fourth-order valence-electron chi connectivity index (χ4n) is 2.58. The Kier molecular flexibility index (Phi) is 5.27. The van der Waals surface area contributed by atoms with Gasteiger partial charge in [0.15, 0.2) is 11.5 Å². The molecule has 0 bridgehead atoms. The van der Waals surface area contributed by atoms with Gasteiger partial charge in [0.05, 0.1) is 19.3 Å². The van der Waals surface area contributed by atoms with Gasteiger partial charge in [-0.25, -0.2) is 0 Å². The van der Waals surface area contributed by atoms with Crippen molar-refractivity contribution in [1.82, 2.24) is 5.32 Å². The molecule has 0 spiro atoms. The number of anilines is 1. The lowest BCUT2D eigenvalue weighted by Gasteiger charge is -2.14. The number of carbonyl (C=O) groups is 1. The molecule has 2 rings (SSSR count). The minimum absolute atomic E-state index is 0.247. The third-order valence-electron chi connectivity index (χ3n) is 3.78. The van der Waals surface area contributed by atoms with Crippen molar-refractivity contribution in [3.05, 3.63) is 17.7 Å². The number of methoxy groups -OCH3 is 1. The number of nitrogens with two attached hydrogens (primary N) is 2. The summed E-state index contributed by atoms with van der Waals surface area (Å²) >= 11 is 0. The first-order chi connectivity index (χ1) is 10.1. The Morgan fingerprint density at radius 2 is 2.24 bits per heavy atom. The molecular weight excluding hydrogens is 270 g/mol. The number of amides is 1. The van der Waals surface area contributed by atoms with E-state index in [1.807, 2.05) is 0 Å². The van der Waals surface area contributed by atoms with Crippen LogP contribution in [-0.2, 0) is 0 Å². The molecule has 6 nitrogen and oxygen atoms in total. The van der Waals surface area contributed by atoms with E-state index in [2.05, 4.69) is 5.32 Å². The molecule has 1 saturated heterocycles. The number of ether oxygens (including phenoxy) is 2. The van der Waals surface area contributed by atoms with Gasteiger partial charge in [0.25, 0.3) is 5.91 Å². The Morgan fingerprint density at radius 1 is 1.43 bits per heavy atom. The third-order valence-corrected chi connectivity index (χ3v) is 3.78. The Balaban J connectivity index is 1.92. The summed E-state index contributed by atoms with van der Waals surface area (Å²) in [6.45, 7) is 2.82. The lowest BCUT2D eigenvalue weighted by Crippen LogP contribution is -2.14. The number of nitrogens with one attached hydrogen (secondary N) is 1. The average Bonchev–Trinajstić information content (AvgIpc) is 2.96. The van der Waals surface area contributed by atoms with Crippen LogP contribution in [0.1, 0.15) is 29.6 Å². The number of benzene rings is 1. The van der Waals surface area contributed by atoms with Gasteiger partial charge in [-0.05, 0) is 44.3 Å². The molecule has 0 saturated carbocycles. The standard InChI is InChI=1S/C15H23N3O3/c1-20-13-7-11(15(17)19)12(16)8-14(13)21-6-2-3-10-4-5-18-9-10/h7-8,10,18H,2-6,9,16H2,1H3,(H2,17,19). The molecule has 116 valence electrons. The number of carbonyl (C=O) groups excluding carboxylic acids is 1. The summed E-state index contributed by atoms with van der Waals surface area (Å²) in [5.74, 6) is 1.19. The molecule has 1 amide bonds. The van der Waals surface area contributed by atoms with Crippen molar-refractivity contribution >= 4 is 11.6 Å². The molecule has 1 aliphatic heterocycles. The third kappa shape index (κ3) is 4.01. The van der Waals surface area contributed by atoms with E-state index in [0.717, 1.165) is 31.8 Å². The molecule has 0 aliphatic carbocycles. The van der Waals surface area contributed by atoms with Crippen LogP contribution in [0.25, 0.3) is 0 Å². The Bertz CT molecular complexity index is 499. The second-order valence-corrected chi connectivity index (χ2v) is 5.30. The molecular formula is C15H23N3O3. The fourth-order valence-corrected chi connectivity index (χ4v) is 2.58. The van der Waals surface area contributed by atoms with Gasteiger partial charge in [-0.2, -0.15) is 0 Å². The number of nitrogen functional groups attached to an aromatic ring is 1. The molecule has 5 N–H and O–H groups in total. The van der Waals surface area contributed by atoms with Crippen molar-refractivity contribution in [2.45, 2.75) is 19.3 Å². The molecule has 1 atom stereocenters. The van der Waals surface area contributed by atoms with Crippen LogP contribution in [-0.4, -0.2) is 32.7 Å². The van der Waals surface area contributed by atoms with Crippen LogP contribution in [0.3, 0.4) is 0 Å². The van der Waals surface area contributed by atoms with Crippen molar-refractivity contribution in [2.24, 2.45) is 11.7 Å². The minimum atomic E-state index is -0.578. The molecule has 6 heteroatoms. The van der Waals surface area contributed by atoms with E-state index in [-0.39, 0.29) is 5.56 Å². The molecule has 21 heavy (non-hydrogen) atoms. The molecule has 1 aromatic carbocycles. The van der Waals surface area contributed by atoms with Crippen LogP contribution >= 0.6 is 0 Å². The van der Waals surface area contributed by atoms with Gasteiger partial charge < -0.3 is 26.3 Å². The Morgan fingerprint density at radius 3 is 2.86 bits per heavy atom. The van der Waals surface area contributed by atoms with Crippen molar-refractivity contribution < 1.29 is 14.3 Å². The van der Waals surface area contributed by atoms with Crippen molar-refractivity contribution in [3.63, 3.8) is 0 Å². The summed E-state index contributed by atoms with van der Waals surface area (Å²) in [6, 6.07) is 3.12. The van der Waals surface area contributed by atoms with Crippen LogP contribution in [0, 0.1) is 5.92 Å². The lowest BCUT2D eigenvalue weighted by atomic mass is 10.0. The largest absolute Gasteiger partial charge is 0.493 e. The van der Waals surface area contributed by atoms with Gasteiger partial charge in [0.2, 0.25) is 0 Å². The fraction of sp³-hybridized carbons (Fsp3) is 0.533. The smallest absolute Gasteiger partial charge is 0.250 e. The minimum Gasteiger partial charge on any atom is -0.493 e. The van der Waals surface area contributed by atoms with Crippen LogP contribution in [0.4, 0.5) is 5.69 Å². The molecule has 0 aromatic heterocycles. The SMILES string of the molecule is COc1cc(C(N)=O)c(N)cc1OCCCC1CCNC1. The highest BCUT2D eigenvalue weighted by Crippen LogP contribution is 2.32. The van der Waals surface area contributed by atoms with Gasteiger partial charge >= 0.3 is 0 Å². The summed E-state index contributed by atoms with van der Waals surface area (Å²) < 4.78 is 10.9. The maximum Gasteiger partial charge on any atom is 0.250 e. The summed E-state index contributed by atoms with van der Waals surface area (Å²) in [4.78, 5) is 11.2. The highest BCUT2D eigenvalue weighted by molar-refractivity contribution is 5.98. The molecule has 0 radical (unpaired) electrons. The molecule has 1 unspecified atom stereocenters. The second-order valence-electron chi connectivity index (χ2n) is 5.30. The Hall–Kier alpha value is -1.95. The number of hydrogen-bond donors (Lipinski definition) is 3. The van der Waals surface area contributed by atoms with E-state index in [9.17, 15) is 4.79 Å². The highest BCUT2D eigenvalue weighted by Gasteiger charge is 2.15. The van der Waals surface area contributed by atoms with E-state index in [1.54, 1.807) is 6.07 Å². The monoisotopic (exact) mass is 293 g/mol. The second kappa shape index (κ2) is 7.17. The van der Waals surface area contributed by atoms with Crippen molar-refractivity contribution in [3.8, 4) is 11.5 Å². The molecule has 1 aliphatic rings. The van der Waals surface area contributed by atoms with Crippen LogP contribution in [0.2, 0.25) is 0 Å². The first kappa shape index (κ1) is 15.4. The van der Waals surface area contributed by atoms with Crippen LogP contribution < -0.4 is 26.3 Å². The van der Waals surface area contributed by atoms with Gasteiger partial charge in [0, 0.05) is 11.8 Å². The zero-order valence-electron chi connectivity index (χ0n) is 12.4. The van der Waals surface area contributed by atoms with Crippen LogP contribution in [0.15, 0.2) is 12.1 Å². The zero-order valence-corrected chi connectivity index (χ0v) is 12.4. The molecule has 1 heterocycles. The number of hydrogen-bond acceptors (Lipinski definition) is 5. The van der Waals surface area contributed by atoms with Crippen molar-refractivity contribution in [1.29, 1.82) is 0 Å². The normalized spacial score (nSPS) is 17.7. The number of primary amides is 1. The maximum absolute atomic E-state index is 11.2.